The van der Waals surface area contributed by atoms with Crippen LogP contribution in [0.25, 0.3) is 0 Å². The average molecular weight is 393 g/mol. The Balaban J connectivity index is 1.71. The normalized spacial score (nSPS) is 17.7. The molecule has 3 rings (SSSR count). The molecule has 0 saturated carbocycles. The summed E-state index contributed by atoms with van der Waals surface area (Å²) in [6, 6.07) is 2.15. The van der Waals surface area contributed by atoms with Gasteiger partial charge in [0.15, 0.2) is 5.11 Å². The zero-order valence-corrected chi connectivity index (χ0v) is 17.2. The van der Waals surface area contributed by atoms with Gasteiger partial charge in [0, 0.05) is 52.5 Å². The second kappa shape index (κ2) is 10.6. The molecular formula is C19H32N6OS. The van der Waals surface area contributed by atoms with E-state index in [1.807, 2.05) is 0 Å². The van der Waals surface area contributed by atoms with E-state index in [2.05, 4.69) is 26.5 Å². The van der Waals surface area contributed by atoms with Crippen LogP contribution in [0.5, 0.6) is 0 Å². The van der Waals surface area contributed by atoms with Gasteiger partial charge in [0.25, 0.3) is 0 Å². The Labute approximate surface area is 167 Å². The molecule has 2 aliphatic heterocycles. The molecule has 0 spiro atoms. The highest BCUT2D eigenvalue weighted by Gasteiger charge is 2.19. The van der Waals surface area contributed by atoms with Gasteiger partial charge in [-0.25, -0.2) is 0 Å². The van der Waals surface area contributed by atoms with Gasteiger partial charge in [0.2, 0.25) is 5.95 Å². The molecule has 0 aromatic carbocycles. The summed E-state index contributed by atoms with van der Waals surface area (Å²) in [6.45, 7) is 5.75. The average Bonchev–Trinajstić information content (AvgIpc) is 2.72. The predicted molar refractivity (Wildman–Crippen MR) is 115 cm³/mol. The van der Waals surface area contributed by atoms with Gasteiger partial charge < -0.3 is 25.2 Å². The van der Waals surface area contributed by atoms with E-state index in [0.29, 0.717) is 11.1 Å². The van der Waals surface area contributed by atoms with Crippen LogP contribution in [0.15, 0.2) is 6.07 Å². The zero-order valence-electron chi connectivity index (χ0n) is 16.4. The largest absolute Gasteiger partial charge is 0.385 e. The van der Waals surface area contributed by atoms with E-state index >= 15 is 0 Å². The molecule has 1 aromatic rings. The summed E-state index contributed by atoms with van der Waals surface area (Å²) in [4.78, 5) is 14.3. The molecule has 2 saturated heterocycles. The van der Waals surface area contributed by atoms with Crippen molar-refractivity contribution >= 4 is 34.9 Å². The van der Waals surface area contributed by atoms with Crippen molar-refractivity contribution in [3.8, 4) is 0 Å². The SMILES string of the molecule is COCCCNC(=S)Nc1nc(N2CCCCC2)cc(N2CCCCC2)n1. The topological polar surface area (TPSA) is 65.6 Å². The minimum absolute atomic E-state index is 0.562. The molecular weight excluding hydrogens is 360 g/mol. The summed E-state index contributed by atoms with van der Waals surface area (Å²) >= 11 is 5.41. The lowest BCUT2D eigenvalue weighted by molar-refractivity contribution is 0.196. The molecule has 1 aromatic heterocycles. The molecule has 150 valence electrons. The lowest BCUT2D eigenvalue weighted by Crippen LogP contribution is -2.34. The number of thiocarbonyl (C=S) groups is 1. The molecule has 0 unspecified atom stereocenters. The van der Waals surface area contributed by atoms with E-state index in [0.717, 1.165) is 57.4 Å². The Morgan fingerprint density at radius 1 is 1.00 bits per heavy atom. The maximum Gasteiger partial charge on any atom is 0.232 e. The van der Waals surface area contributed by atoms with Crippen LogP contribution in [0.2, 0.25) is 0 Å². The molecule has 0 aliphatic carbocycles. The summed E-state index contributed by atoms with van der Waals surface area (Å²) in [7, 11) is 1.71. The Kier molecular flexibility index (Phi) is 7.89. The number of aromatic nitrogens is 2. The number of methoxy groups -OCH3 is 1. The van der Waals surface area contributed by atoms with Crippen LogP contribution in [0.1, 0.15) is 44.9 Å². The number of piperidine rings is 2. The summed E-state index contributed by atoms with van der Waals surface area (Å²) in [6.07, 6.45) is 8.43. The van der Waals surface area contributed by atoms with Crippen LogP contribution in [0.4, 0.5) is 17.6 Å². The molecule has 8 heteroatoms. The summed E-state index contributed by atoms with van der Waals surface area (Å²) < 4.78 is 5.07. The number of ether oxygens (including phenoxy) is 1. The fraction of sp³-hybridized carbons (Fsp3) is 0.737. The molecule has 2 aliphatic rings. The van der Waals surface area contributed by atoms with Gasteiger partial charge in [-0.1, -0.05) is 0 Å². The lowest BCUT2D eigenvalue weighted by atomic mass is 10.1. The van der Waals surface area contributed by atoms with Crippen LogP contribution in [-0.2, 0) is 4.74 Å². The minimum atomic E-state index is 0.562. The first-order chi connectivity index (χ1) is 13.3. The van der Waals surface area contributed by atoms with E-state index in [9.17, 15) is 0 Å². The molecule has 0 bridgehead atoms. The third-order valence-corrected chi connectivity index (χ3v) is 5.34. The van der Waals surface area contributed by atoms with Crippen molar-refractivity contribution in [2.24, 2.45) is 0 Å². The molecule has 0 atom stereocenters. The monoisotopic (exact) mass is 392 g/mol. The number of rotatable bonds is 7. The Hall–Kier alpha value is -1.67. The summed E-state index contributed by atoms with van der Waals surface area (Å²) in [5.41, 5.74) is 0. The van der Waals surface area contributed by atoms with Crippen molar-refractivity contribution in [3.63, 3.8) is 0 Å². The van der Waals surface area contributed by atoms with Gasteiger partial charge in [0.1, 0.15) is 11.6 Å². The predicted octanol–water partition coefficient (Wildman–Crippen LogP) is 2.78. The summed E-state index contributed by atoms with van der Waals surface area (Å²) in [5.74, 6) is 2.60. The highest BCUT2D eigenvalue weighted by Crippen LogP contribution is 2.25. The first kappa shape index (κ1) is 20.1. The van der Waals surface area contributed by atoms with Gasteiger partial charge in [-0.15, -0.1) is 0 Å². The lowest BCUT2D eigenvalue weighted by Gasteiger charge is -2.31. The number of anilines is 3. The van der Waals surface area contributed by atoms with Crippen LogP contribution in [-0.4, -0.2) is 61.5 Å². The number of nitrogens with zero attached hydrogens (tertiary/aromatic N) is 4. The van der Waals surface area contributed by atoms with Gasteiger partial charge in [-0.05, 0) is 57.2 Å². The van der Waals surface area contributed by atoms with E-state index in [1.165, 1.54) is 38.5 Å². The molecule has 7 nitrogen and oxygen atoms in total. The van der Waals surface area contributed by atoms with Crippen molar-refractivity contribution in [2.75, 3.05) is 61.6 Å². The maximum atomic E-state index is 5.41. The van der Waals surface area contributed by atoms with Crippen LogP contribution in [0.3, 0.4) is 0 Å². The highest BCUT2D eigenvalue weighted by molar-refractivity contribution is 7.80. The molecule has 3 heterocycles. The molecule has 0 amide bonds. The van der Waals surface area contributed by atoms with E-state index in [-0.39, 0.29) is 0 Å². The summed E-state index contributed by atoms with van der Waals surface area (Å²) in [5, 5.41) is 6.94. The smallest absolute Gasteiger partial charge is 0.232 e. The van der Waals surface area contributed by atoms with Gasteiger partial charge in [0.05, 0.1) is 0 Å². The van der Waals surface area contributed by atoms with Crippen LogP contribution < -0.4 is 20.4 Å². The Bertz CT molecular complexity index is 566. The maximum absolute atomic E-state index is 5.41. The van der Waals surface area contributed by atoms with E-state index in [4.69, 9.17) is 26.9 Å². The molecule has 0 radical (unpaired) electrons. The molecule has 27 heavy (non-hydrogen) atoms. The van der Waals surface area contributed by atoms with Crippen molar-refractivity contribution in [1.82, 2.24) is 15.3 Å². The third kappa shape index (κ3) is 6.17. The van der Waals surface area contributed by atoms with Crippen LogP contribution in [0, 0.1) is 0 Å². The Morgan fingerprint density at radius 3 is 2.07 bits per heavy atom. The third-order valence-electron chi connectivity index (χ3n) is 5.10. The van der Waals surface area contributed by atoms with E-state index < -0.39 is 0 Å². The fourth-order valence-electron chi connectivity index (χ4n) is 3.61. The Morgan fingerprint density at radius 2 is 1.56 bits per heavy atom. The number of nitrogens with one attached hydrogen (secondary N) is 2. The minimum Gasteiger partial charge on any atom is -0.385 e. The molecule has 2 N–H and O–H groups in total. The van der Waals surface area contributed by atoms with Crippen LogP contribution >= 0.6 is 12.2 Å². The van der Waals surface area contributed by atoms with Crippen molar-refractivity contribution in [3.05, 3.63) is 6.07 Å². The zero-order chi connectivity index (χ0) is 18.9. The fourth-order valence-corrected chi connectivity index (χ4v) is 3.81. The quantitative estimate of drug-likeness (QED) is 0.542. The first-order valence-electron chi connectivity index (χ1n) is 10.2. The van der Waals surface area contributed by atoms with Crippen molar-refractivity contribution in [1.29, 1.82) is 0 Å². The van der Waals surface area contributed by atoms with Crippen molar-refractivity contribution in [2.45, 2.75) is 44.9 Å². The highest BCUT2D eigenvalue weighted by atomic mass is 32.1. The number of hydrogen-bond acceptors (Lipinski definition) is 6. The second-order valence-corrected chi connectivity index (χ2v) is 7.64. The first-order valence-corrected chi connectivity index (χ1v) is 10.6. The number of hydrogen-bond donors (Lipinski definition) is 2. The standard InChI is InChI=1S/C19H32N6OS/c1-26-14-8-9-20-19(27)23-18-21-16(24-10-4-2-5-11-24)15-17(22-18)25-12-6-3-7-13-25/h15H,2-14H2,1H3,(H2,20,21,22,23,27). The van der Waals surface area contributed by atoms with Gasteiger partial charge >= 0.3 is 0 Å². The molecule has 2 fully saturated rings. The van der Waals surface area contributed by atoms with Gasteiger partial charge in [-0.3, -0.25) is 0 Å². The van der Waals surface area contributed by atoms with E-state index in [1.54, 1.807) is 7.11 Å². The second-order valence-electron chi connectivity index (χ2n) is 7.23. The van der Waals surface area contributed by atoms with Gasteiger partial charge in [-0.2, -0.15) is 9.97 Å². The van der Waals surface area contributed by atoms with Crippen molar-refractivity contribution < 1.29 is 4.74 Å².